The Bertz CT molecular complexity index is 1370. The van der Waals surface area contributed by atoms with Crippen molar-refractivity contribution in [2.45, 2.75) is 38.1 Å². The fraction of sp³-hybridized carbons (Fsp3) is 0.333. The fourth-order valence-corrected chi connectivity index (χ4v) is 5.39. The highest BCUT2D eigenvalue weighted by Crippen LogP contribution is 2.35. The molecule has 2 atom stereocenters. The molecule has 1 aliphatic carbocycles. The highest BCUT2D eigenvalue weighted by Gasteiger charge is 2.31. The number of hydrogen-bond acceptors (Lipinski definition) is 6. The van der Waals surface area contributed by atoms with Crippen LogP contribution in [-0.2, 0) is 11.2 Å². The second-order valence-corrected chi connectivity index (χ2v) is 9.35. The summed E-state index contributed by atoms with van der Waals surface area (Å²) in [5.74, 6) is 0.322. The number of carbonyl (C=O) groups excluding carboxylic acids is 1. The molecule has 0 saturated carbocycles. The van der Waals surface area contributed by atoms with Crippen molar-refractivity contribution in [3.63, 3.8) is 0 Å². The van der Waals surface area contributed by atoms with Crippen molar-refractivity contribution in [3.05, 3.63) is 71.8 Å². The van der Waals surface area contributed by atoms with Crippen molar-refractivity contribution >= 4 is 22.8 Å². The van der Waals surface area contributed by atoms with Crippen LogP contribution < -0.4 is 10.2 Å². The van der Waals surface area contributed by atoms with Crippen LogP contribution in [0.1, 0.15) is 42.9 Å². The number of fused-ring (bicyclic) bond motifs is 2. The van der Waals surface area contributed by atoms with Crippen molar-refractivity contribution in [1.29, 1.82) is 0 Å². The first-order valence-corrected chi connectivity index (χ1v) is 12.2. The Morgan fingerprint density at radius 3 is 2.80 bits per heavy atom. The summed E-state index contributed by atoms with van der Waals surface area (Å²) >= 11 is 0. The van der Waals surface area contributed by atoms with Gasteiger partial charge in [0.1, 0.15) is 29.0 Å². The summed E-state index contributed by atoms with van der Waals surface area (Å²) < 4.78 is 18.9. The van der Waals surface area contributed by atoms with E-state index in [1.807, 2.05) is 6.07 Å². The molecule has 2 aromatic carbocycles. The first-order chi connectivity index (χ1) is 17.2. The van der Waals surface area contributed by atoms with E-state index in [0.29, 0.717) is 29.2 Å². The van der Waals surface area contributed by atoms with Crippen LogP contribution in [0.25, 0.3) is 22.4 Å². The van der Waals surface area contributed by atoms with E-state index in [4.69, 9.17) is 4.52 Å². The van der Waals surface area contributed by atoms with Crippen molar-refractivity contribution in [2.75, 3.05) is 18.0 Å². The van der Waals surface area contributed by atoms with Crippen molar-refractivity contribution in [2.24, 2.45) is 5.92 Å². The van der Waals surface area contributed by atoms with Crippen molar-refractivity contribution in [3.8, 4) is 11.3 Å². The van der Waals surface area contributed by atoms with Gasteiger partial charge in [-0.25, -0.2) is 9.37 Å². The summed E-state index contributed by atoms with van der Waals surface area (Å²) in [6, 6.07) is 14.6. The molecule has 8 heteroatoms. The van der Waals surface area contributed by atoms with Gasteiger partial charge in [-0.15, -0.1) is 0 Å². The first-order valence-electron chi connectivity index (χ1n) is 12.2. The molecule has 1 N–H and O–H groups in total. The average Bonchev–Trinajstić information content (AvgIpc) is 3.34. The van der Waals surface area contributed by atoms with Gasteiger partial charge in [0.15, 0.2) is 0 Å². The largest absolute Gasteiger partial charge is 0.355 e. The molecule has 2 aromatic heterocycles. The minimum absolute atomic E-state index is 0.0664. The molecule has 3 heterocycles. The zero-order valence-electron chi connectivity index (χ0n) is 19.3. The zero-order valence-corrected chi connectivity index (χ0v) is 19.3. The van der Waals surface area contributed by atoms with Gasteiger partial charge in [-0.2, -0.15) is 4.98 Å². The summed E-state index contributed by atoms with van der Waals surface area (Å²) in [6.45, 7) is 1.33. The Morgan fingerprint density at radius 1 is 1.06 bits per heavy atom. The lowest BCUT2D eigenvalue weighted by molar-refractivity contribution is -0.126. The number of anilines is 1. The topological polar surface area (TPSA) is 84.2 Å². The first kappa shape index (κ1) is 21.7. The fourth-order valence-electron chi connectivity index (χ4n) is 5.39. The maximum absolute atomic E-state index is 13.5. The number of amides is 1. The van der Waals surface area contributed by atoms with Gasteiger partial charge in [-0.1, -0.05) is 29.4 Å². The Hall–Kier alpha value is -3.81. The molecule has 0 radical (unpaired) electrons. The van der Waals surface area contributed by atoms with Crippen LogP contribution in [0, 0.1) is 11.7 Å². The minimum Gasteiger partial charge on any atom is -0.355 e. The number of carbonyl (C=O) groups is 1. The lowest BCUT2D eigenvalue weighted by atomic mass is 9.87. The number of benzene rings is 2. The standard InChI is InChI=1S/C27H26FN5O2/c28-20-12-10-18(11-13-20)24-23-25(29-16-30-27(23)35-32-24)33-14-4-7-19(15-33)26(34)31-22-9-3-6-17-5-1-2-8-21(17)22/h1-2,5,8,10-13,16,19,22H,3-4,6-7,9,14-15H2,(H,31,34)/t19-,22-/m0/s1. The summed E-state index contributed by atoms with van der Waals surface area (Å²) in [4.78, 5) is 24.3. The normalized spacial score (nSPS) is 20.0. The second-order valence-electron chi connectivity index (χ2n) is 9.35. The number of nitrogens with one attached hydrogen (secondary N) is 1. The van der Waals surface area contributed by atoms with Crippen LogP contribution in [0.15, 0.2) is 59.4 Å². The summed E-state index contributed by atoms with van der Waals surface area (Å²) in [6.07, 6.45) is 6.28. The number of hydrogen-bond donors (Lipinski definition) is 1. The third-order valence-electron chi connectivity index (χ3n) is 7.15. The summed E-state index contributed by atoms with van der Waals surface area (Å²) in [5, 5.41) is 8.21. The van der Waals surface area contributed by atoms with Gasteiger partial charge in [-0.3, -0.25) is 4.79 Å². The van der Waals surface area contributed by atoms with Crippen LogP contribution in [0.2, 0.25) is 0 Å². The van der Waals surface area contributed by atoms with E-state index in [-0.39, 0.29) is 23.7 Å². The number of nitrogens with zero attached hydrogens (tertiary/aromatic N) is 4. The third-order valence-corrected chi connectivity index (χ3v) is 7.15. The second kappa shape index (κ2) is 9.09. The molecular formula is C27H26FN5O2. The summed E-state index contributed by atoms with van der Waals surface area (Å²) in [5.41, 5.74) is 4.24. The highest BCUT2D eigenvalue weighted by molar-refractivity contribution is 5.98. The van der Waals surface area contributed by atoms with E-state index in [2.05, 4.69) is 43.5 Å². The van der Waals surface area contributed by atoms with Crippen LogP contribution >= 0.6 is 0 Å². The van der Waals surface area contributed by atoms with Gasteiger partial charge >= 0.3 is 0 Å². The van der Waals surface area contributed by atoms with Crippen molar-refractivity contribution in [1.82, 2.24) is 20.4 Å². The molecule has 35 heavy (non-hydrogen) atoms. The van der Waals surface area contributed by atoms with E-state index in [0.717, 1.165) is 44.2 Å². The van der Waals surface area contributed by atoms with E-state index in [9.17, 15) is 9.18 Å². The Labute approximate surface area is 202 Å². The highest BCUT2D eigenvalue weighted by atomic mass is 19.1. The molecule has 2 aliphatic rings. The van der Waals surface area contributed by atoms with Gasteiger partial charge in [0.2, 0.25) is 5.91 Å². The van der Waals surface area contributed by atoms with E-state index >= 15 is 0 Å². The molecule has 4 aromatic rings. The molecule has 1 amide bonds. The number of rotatable bonds is 4. The molecule has 1 saturated heterocycles. The lowest BCUT2D eigenvalue weighted by Crippen LogP contribution is -2.44. The number of halogens is 1. The Kier molecular flexibility index (Phi) is 5.64. The molecule has 0 bridgehead atoms. The molecule has 1 fully saturated rings. The van der Waals surface area contributed by atoms with Gasteiger partial charge in [0.25, 0.3) is 5.71 Å². The van der Waals surface area contributed by atoms with Gasteiger partial charge in [-0.05, 0) is 67.5 Å². The molecule has 6 rings (SSSR count). The predicted molar refractivity (Wildman–Crippen MR) is 130 cm³/mol. The van der Waals surface area contributed by atoms with Gasteiger partial charge < -0.3 is 14.7 Å². The van der Waals surface area contributed by atoms with Crippen LogP contribution in [0.5, 0.6) is 0 Å². The number of aromatic nitrogens is 3. The van der Waals surface area contributed by atoms with E-state index < -0.39 is 0 Å². The average molecular weight is 472 g/mol. The van der Waals surface area contributed by atoms with Gasteiger partial charge in [0, 0.05) is 18.7 Å². The molecule has 0 unspecified atom stereocenters. The Morgan fingerprint density at radius 2 is 1.91 bits per heavy atom. The molecule has 0 spiro atoms. The predicted octanol–water partition coefficient (Wildman–Crippen LogP) is 4.83. The zero-order chi connectivity index (χ0) is 23.8. The SMILES string of the molecule is O=C(N[C@H]1CCCc2ccccc21)[C@H]1CCCN(c2ncnc3onc(-c4ccc(F)cc4)c23)C1. The van der Waals surface area contributed by atoms with E-state index in [1.54, 1.807) is 12.1 Å². The lowest BCUT2D eigenvalue weighted by Gasteiger charge is -2.34. The quantitative estimate of drug-likeness (QED) is 0.459. The summed E-state index contributed by atoms with van der Waals surface area (Å²) in [7, 11) is 0. The molecule has 7 nitrogen and oxygen atoms in total. The number of aryl methyl sites for hydroxylation is 1. The molecular weight excluding hydrogens is 445 g/mol. The molecule has 1 aliphatic heterocycles. The smallest absolute Gasteiger partial charge is 0.263 e. The van der Waals surface area contributed by atoms with Gasteiger partial charge in [0.05, 0.1) is 12.0 Å². The maximum atomic E-state index is 13.5. The van der Waals surface area contributed by atoms with Crippen LogP contribution in [-0.4, -0.2) is 34.1 Å². The van der Waals surface area contributed by atoms with Crippen LogP contribution in [0.3, 0.4) is 0 Å². The maximum Gasteiger partial charge on any atom is 0.263 e. The van der Waals surface area contributed by atoms with Crippen LogP contribution in [0.4, 0.5) is 10.2 Å². The minimum atomic E-state index is -0.316. The Balaban J connectivity index is 1.25. The van der Waals surface area contributed by atoms with Crippen molar-refractivity contribution < 1.29 is 13.7 Å². The number of piperidine rings is 1. The monoisotopic (exact) mass is 471 g/mol. The van der Waals surface area contributed by atoms with E-state index in [1.165, 1.54) is 29.6 Å². The molecule has 178 valence electrons. The third kappa shape index (κ3) is 4.13.